The molecular weight excluding hydrogens is 344 g/mol. The third-order valence-electron chi connectivity index (χ3n) is 5.38. The molecule has 7 heteroatoms. The summed E-state index contributed by atoms with van der Waals surface area (Å²) >= 11 is 5.83. The van der Waals surface area contributed by atoms with Gasteiger partial charge in [0.15, 0.2) is 0 Å². The third kappa shape index (κ3) is 2.03. The summed E-state index contributed by atoms with van der Waals surface area (Å²) in [4.78, 5) is 37.5. The summed E-state index contributed by atoms with van der Waals surface area (Å²) in [6, 6.07) is 4.01. The first kappa shape index (κ1) is 16.0. The molecule has 1 aromatic carbocycles. The van der Waals surface area contributed by atoms with Crippen LogP contribution in [0.5, 0.6) is 0 Å². The van der Waals surface area contributed by atoms with Gasteiger partial charge in [-0.1, -0.05) is 34.9 Å². The van der Waals surface area contributed by atoms with Crippen molar-refractivity contribution in [2.45, 2.75) is 13.8 Å². The van der Waals surface area contributed by atoms with Crippen LogP contribution in [0.2, 0.25) is 5.02 Å². The monoisotopic (exact) mass is 358 g/mol. The van der Waals surface area contributed by atoms with Crippen molar-refractivity contribution < 1.29 is 14.5 Å². The highest BCUT2D eigenvalue weighted by molar-refractivity contribution is 6.33. The summed E-state index contributed by atoms with van der Waals surface area (Å²) < 4.78 is 0. The first-order valence-corrected chi connectivity index (χ1v) is 8.38. The van der Waals surface area contributed by atoms with Gasteiger partial charge in [0.05, 0.1) is 22.4 Å². The average molecular weight is 359 g/mol. The molecule has 6 nitrogen and oxygen atoms in total. The first-order valence-electron chi connectivity index (χ1n) is 8.00. The van der Waals surface area contributed by atoms with E-state index in [0.717, 1.165) is 10.5 Å². The molecule has 1 heterocycles. The molecule has 2 amide bonds. The summed E-state index contributed by atoms with van der Waals surface area (Å²) in [6.45, 7) is 4.00. The normalized spacial score (nSPS) is 29.6. The van der Waals surface area contributed by atoms with Crippen molar-refractivity contribution in [2.75, 3.05) is 4.90 Å². The van der Waals surface area contributed by atoms with Crippen LogP contribution in [0.25, 0.3) is 0 Å². The highest BCUT2D eigenvalue weighted by Gasteiger charge is 2.62. The van der Waals surface area contributed by atoms with Gasteiger partial charge >= 0.3 is 0 Å². The van der Waals surface area contributed by atoms with Gasteiger partial charge in [-0.3, -0.25) is 19.7 Å². The van der Waals surface area contributed by atoms with E-state index >= 15 is 0 Å². The van der Waals surface area contributed by atoms with Crippen molar-refractivity contribution >= 4 is 34.8 Å². The molecule has 0 N–H and O–H groups in total. The van der Waals surface area contributed by atoms with Gasteiger partial charge in [-0.05, 0) is 26.0 Å². The quantitative estimate of drug-likeness (QED) is 0.350. The maximum atomic E-state index is 13.0. The van der Waals surface area contributed by atoms with E-state index < -0.39 is 16.8 Å². The second-order valence-electron chi connectivity index (χ2n) is 6.85. The lowest BCUT2D eigenvalue weighted by molar-refractivity contribution is -0.384. The third-order valence-corrected chi connectivity index (χ3v) is 5.70. The number of nitrogens with zero attached hydrogens (tertiary/aromatic N) is 2. The van der Waals surface area contributed by atoms with Gasteiger partial charge < -0.3 is 0 Å². The van der Waals surface area contributed by atoms with E-state index in [1.165, 1.54) is 23.8 Å². The molecule has 0 aromatic heterocycles. The maximum Gasteiger partial charge on any atom is 0.289 e. The summed E-state index contributed by atoms with van der Waals surface area (Å²) in [6.07, 6.45) is 4.01. The molecule has 128 valence electrons. The Balaban J connectivity index is 1.76. The van der Waals surface area contributed by atoms with Gasteiger partial charge in [0.25, 0.3) is 5.69 Å². The smallest absolute Gasteiger partial charge is 0.274 e. The number of nitro groups is 1. The van der Waals surface area contributed by atoms with Crippen LogP contribution in [0.3, 0.4) is 0 Å². The number of allylic oxidation sites excluding steroid dienone is 4. The number of fused-ring (bicyclic) bond motifs is 5. The topological polar surface area (TPSA) is 80.5 Å². The summed E-state index contributed by atoms with van der Waals surface area (Å²) in [7, 11) is 0. The maximum absolute atomic E-state index is 13.0. The standard InChI is InChI=1S/C18H15ClN2O4/c1-8(2)14-10-4-5-11(14)16-15(10)17(22)20(18(16)23)9-3-6-12(19)13(7-9)21(24)25/h3-7,10-11,15-16H,1-2H3/t10-,11-,15+,16+/m1/s1. The zero-order chi connectivity index (χ0) is 18.0. The van der Waals surface area contributed by atoms with Gasteiger partial charge in [-0.25, -0.2) is 4.90 Å². The molecule has 0 spiro atoms. The number of amides is 2. The molecule has 1 aliphatic heterocycles. The minimum atomic E-state index is -0.621. The lowest BCUT2D eigenvalue weighted by atomic mass is 9.85. The second-order valence-corrected chi connectivity index (χ2v) is 7.26. The predicted molar refractivity (Wildman–Crippen MR) is 92.1 cm³/mol. The molecule has 1 aromatic rings. The van der Waals surface area contributed by atoms with Crippen LogP contribution in [0.15, 0.2) is 41.5 Å². The Kier molecular flexibility index (Phi) is 3.37. The van der Waals surface area contributed by atoms with Crippen LogP contribution >= 0.6 is 11.6 Å². The Morgan fingerprint density at radius 3 is 2.16 bits per heavy atom. The van der Waals surface area contributed by atoms with E-state index in [9.17, 15) is 19.7 Å². The largest absolute Gasteiger partial charge is 0.289 e. The Labute approximate surface area is 148 Å². The van der Waals surface area contributed by atoms with Gasteiger partial charge in [0.1, 0.15) is 5.02 Å². The SMILES string of the molecule is CC(C)=C1[C@H]2C=C[C@H]1[C@@H]1C(=O)N(c3ccc(Cl)c([N+](=O)[O-])c3)C(=O)[C@H]12. The molecule has 1 saturated heterocycles. The predicted octanol–water partition coefficient (Wildman–Crippen LogP) is 3.51. The molecule has 3 aliphatic rings. The second kappa shape index (κ2) is 5.26. The lowest BCUT2D eigenvalue weighted by Crippen LogP contribution is -2.33. The van der Waals surface area contributed by atoms with Crippen LogP contribution < -0.4 is 4.90 Å². The number of benzene rings is 1. The molecule has 25 heavy (non-hydrogen) atoms. The molecule has 2 bridgehead atoms. The van der Waals surface area contributed by atoms with Gasteiger partial charge in [0.2, 0.25) is 11.8 Å². The van der Waals surface area contributed by atoms with Gasteiger partial charge in [0, 0.05) is 17.9 Å². The van der Waals surface area contributed by atoms with Crippen molar-refractivity contribution in [3.63, 3.8) is 0 Å². The number of carbonyl (C=O) groups is 2. The molecule has 4 atom stereocenters. The number of hydrogen-bond acceptors (Lipinski definition) is 4. The number of hydrogen-bond donors (Lipinski definition) is 0. The Morgan fingerprint density at radius 1 is 1.12 bits per heavy atom. The fourth-order valence-corrected chi connectivity index (χ4v) is 4.65. The van der Waals surface area contributed by atoms with Crippen LogP contribution in [0, 0.1) is 33.8 Å². The lowest BCUT2D eigenvalue weighted by Gasteiger charge is -2.19. The Hall–Kier alpha value is -2.47. The van der Waals surface area contributed by atoms with Crippen LogP contribution in [0.1, 0.15) is 13.8 Å². The summed E-state index contributed by atoms with van der Waals surface area (Å²) in [5.41, 5.74) is 2.20. The fraction of sp³-hybridized carbons (Fsp3) is 0.333. The number of anilines is 1. The van der Waals surface area contributed by atoms with Crippen molar-refractivity contribution in [3.05, 3.63) is 56.6 Å². The van der Waals surface area contributed by atoms with Gasteiger partial charge in [-0.2, -0.15) is 0 Å². The minimum absolute atomic E-state index is 0.0263. The first-order chi connectivity index (χ1) is 11.8. The van der Waals surface area contributed by atoms with Crippen LogP contribution in [0.4, 0.5) is 11.4 Å². The fourth-order valence-electron chi connectivity index (χ4n) is 4.46. The zero-order valence-corrected chi connectivity index (χ0v) is 14.4. The highest BCUT2D eigenvalue weighted by atomic mass is 35.5. The van der Waals surface area contributed by atoms with Crippen molar-refractivity contribution in [1.29, 1.82) is 0 Å². The Morgan fingerprint density at radius 2 is 1.68 bits per heavy atom. The number of carbonyl (C=O) groups excluding carboxylic acids is 2. The molecule has 0 radical (unpaired) electrons. The van der Waals surface area contributed by atoms with Crippen molar-refractivity contribution in [3.8, 4) is 0 Å². The van der Waals surface area contributed by atoms with E-state index in [1.54, 1.807) is 0 Å². The van der Waals surface area contributed by atoms with E-state index in [2.05, 4.69) is 0 Å². The van der Waals surface area contributed by atoms with Crippen LogP contribution in [-0.2, 0) is 9.59 Å². The molecule has 4 rings (SSSR count). The number of nitro benzene ring substituents is 1. The molecule has 1 saturated carbocycles. The molecule has 0 unspecified atom stereocenters. The average Bonchev–Trinajstić information content (AvgIpc) is 3.18. The van der Waals surface area contributed by atoms with E-state index in [0.29, 0.717) is 0 Å². The minimum Gasteiger partial charge on any atom is -0.274 e. The molecule has 2 fully saturated rings. The van der Waals surface area contributed by atoms with E-state index in [4.69, 9.17) is 11.6 Å². The summed E-state index contributed by atoms with van der Waals surface area (Å²) in [5.74, 6) is -1.51. The Bertz CT molecular complexity index is 866. The number of halogens is 1. The highest BCUT2D eigenvalue weighted by Crippen LogP contribution is 2.57. The number of rotatable bonds is 2. The van der Waals surface area contributed by atoms with Crippen molar-refractivity contribution in [1.82, 2.24) is 0 Å². The van der Waals surface area contributed by atoms with Gasteiger partial charge in [-0.15, -0.1) is 0 Å². The van der Waals surface area contributed by atoms with Crippen molar-refractivity contribution in [2.24, 2.45) is 23.7 Å². The van der Waals surface area contributed by atoms with E-state index in [-0.39, 0.29) is 40.0 Å². The van der Waals surface area contributed by atoms with E-state index in [1.807, 2.05) is 26.0 Å². The zero-order valence-electron chi connectivity index (χ0n) is 13.6. The molecule has 2 aliphatic carbocycles. The molecular formula is C18H15ClN2O4. The van der Waals surface area contributed by atoms with Crippen LogP contribution in [-0.4, -0.2) is 16.7 Å². The number of imide groups is 1. The summed E-state index contributed by atoms with van der Waals surface area (Å²) in [5, 5.41) is 11.1.